The lowest BCUT2D eigenvalue weighted by Crippen LogP contribution is -2.50. The van der Waals surface area contributed by atoms with Crippen LogP contribution in [-0.4, -0.2) is 50.6 Å². The Bertz CT molecular complexity index is 362. The van der Waals surface area contributed by atoms with Gasteiger partial charge in [0.1, 0.15) is 18.4 Å². The number of nitrogens with one attached hydrogen (secondary N) is 3. The fourth-order valence-corrected chi connectivity index (χ4v) is 2.41. The third-order valence-corrected chi connectivity index (χ3v) is 3.37. The van der Waals surface area contributed by atoms with Crippen molar-refractivity contribution in [1.29, 1.82) is 0 Å². The molecule has 1 aliphatic heterocycles. The summed E-state index contributed by atoms with van der Waals surface area (Å²) in [5, 5.41) is 8.62. The lowest BCUT2D eigenvalue weighted by molar-refractivity contribution is -0.125. The number of hydrogen-bond donors (Lipinski definition) is 3. The highest BCUT2D eigenvalue weighted by Gasteiger charge is 2.27. The zero-order chi connectivity index (χ0) is 16.6. The van der Waals surface area contributed by atoms with Crippen molar-refractivity contribution in [2.45, 2.75) is 51.7 Å². The van der Waals surface area contributed by atoms with Crippen molar-refractivity contribution >= 4 is 12.0 Å². The van der Waals surface area contributed by atoms with Crippen LogP contribution in [0, 0.1) is 5.92 Å². The number of piperidine rings is 1. The molecule has 2 amide bonds. The largest absolute Gasteiger partial charge is 0.444 e. The maximum atomic E-state index is 12.2. The number of amides is 2. The molecule has 0 spiro atoms. The van der Waals surface area contributed by atoms with Crippen LogP contribution in [0.25, 0.3) is 0 Å². The van der Waals surface area contributed by atoms with Crippen LogP contribution in [-0.2, 0) is 14.3 Å². The number of methoxy groups -OCH3 is 1. The van der Waals surface area contributed by atoms with Gasteiger partial charge in [-0.25, -0.2) is 4.79 Å². The molecule has 128 valence electrons. The Hall–Kier alpha value is -1.34. The summed E-state index contributed by atoms with van der Waals surface area (Å²) in [7, 11) is 1.50. The normalized spacial score (nSPS) is 20.1. The van der Waals surface area contributed by atoms with Gasteiger partial charge in [-0.2, -0.15) is 0 Å². The minimum atomic E-state index is -0.616. The van der Waals surface area contributed by atoms with Crippen LogP contribution in [0.2, 0.25) is 0 Å². The first-order valence-electron chi connectivity index (χ1n) is 7.78. The van der Waals surface area contributed by atoms with Gasteiger partial charge >= 0.3 is 6.09 Å². The summed E-state index contributed by atoms with van der Waals surface area (Å²) in [6.07, 6.45) is 2.15. The predicted molar refractivity (Wildman–Crippen MR) is 83.4 cm³/mol. The number of hydrogen-bond acceptors (Lipinski definition) is 5. The Morgan fingerprint density at radius 3 is 2.64 bits per heavy atom. The third kappa shape index (κ3) is 7.61. The first-order chi connectivity index (χ1) is 10.3. The van der Waals surface area contributed by atoms with E-state index in [1.807, 2.05) is 0 Å². The van der Waals surface area contributed by atoms with Gasteiger partial charge in [0.15, 0.2) is 0 Å². The van der Waals surface area contributed by atoms with Crippen molar-refractivity contribution in [3.8, 4) is 0 Å². The molecule has 0 aromatic carbocycles. The molecule has 7 nitrogen and oxygen atoms in total. The molecular formula is C15H29N3O4. The Kier molecular flexibility index (Phi) is 7.61. The van der Waals surface area contributed by atoms with Crippen LogP contribution < -0.4 is 16.0 Å². The van der Waals surface area contributed by atoms with Gasteiger partial charge < -0.3 is 25.4 Å². The summed E-state index contributed by atoms with van der Waals surface area (Å²) in [5.74, 6) is 0.111. The molecule has 1 heterocycles. The van der Waals surface area contributed by atoms with Gasteiger partial charge in [-0.3, -0.25) is 4.79 Å². The van der Waals surface area contributed by atoms with Crippen molar-refractivity contribution in [3.63, 3.8) is 0 Å². The van der Waals surface area contributed by atoms with Crippen LogP contribution in [0.15, 0.2) is 0 Å². The smallest absolute Gasteiger partial charge is 0.408 e. The van der Waals surface area contributed by atoms with Crippen molar-refractivity contribution in [3.05, 3.63) is 0 Å². The van der Waals surface area contributed by atoms with Crippen molar-refractivity contribution in [1.82, 2.24) is 16.0 Å². The van der Waals surface area contributed by atoms with E-state index in [0.717, 1.165) is 25.9 Å². The lowest BCUT2D eigenvalue weighted by Gasteiger charge is -2.28. The molecule has 0 saturated carbocycles. The second-order valence-corrected chi connectivity index (χ2v) is 6.62. The SMILES string of the molecule is COCNC(=O)C(CC1CCCNC1)NC(=O)OC(C)(C)C. The Labute approximate surface area is 132 Å². The maximum Gasteiger partial charge on any atom is 0.408 e. The second kappa shape index (κ2) is 8.95. The molecule has 1 rings (SSSR count). The molecule has 2 atom stereocenters. The van der Waals surface area contributed by atoms with E-state index in [1.54, 1.807) is 20.8 Å². The molecule has 22 heavy (non-hydrogen) atoms. The summed E-state index contributed by atoms with van der Waals surface area (Å²) >= 11 is 0. The topological polar surface area (TPSA) is 88.7 Å². The minimum Gasteiger partial charge on any atom is -0.444 e. The molecule has 2 unspecified atom stereocenters. The van der Waals surface area contributed by atoms with Crippen LogP contribution >= 0.6 is 0 Å². The number of ether oxygens (including phenoxy) is 2. The van der Waals surface area contributed by atoms with E-state index in [0.29, 0.717) is 12.3 Å². The average molecular weight is 315 g/mol. The molecule has 1 fully saturated rings. The second-order valence-electron chi connectivity index (χ2n) is 6.62. The summed E-state index contributed by atoms with van der Waals surface area (Å²) in [6.45, 7) is 7.36. The molecule has 0 aromatic rings. The summed E-state index contributed by atoms with van der Waals surface area (Å²) in [4.78, 5) is 24.1. The standard InChI is InChI=1S/C15H29N3O4/c1-15(2,3)22-14(20)18-12(13(19)17-10-21-4)8-11-6-5-7-16-9-11/h11-12,16H,5-10H2,1-4H3,(H,17,19)(H,18,20). The van der Waals surface area contributed by atoms with E-state index in [4.69, 9.17) is 9.47 Å². The lowest BCUT2D eigenvalue weighted by atomic mass is 9.92. The highest BCUT2D eigenvalue weighted by atomic mass is 16.6. The molecule has 0 bridgehead atoms. The van der Waals surface area contributed by atoms with Crippen molar-refractivity contribution < 1.29 is 19.1 Å². The van der Waals surface area contributed by atoms with Gasteiger partial charge in [0.05, 0.1) is 0 Å². The van der Waals surface area contributed by atoms with Crippen LogP contribution in [0.5, 0.6) is 0 Å². The fraction of sp³-hybridized carbons (Fsp3) is 0.867. The van der Waals surface area contributed by atoms with Crippen molar-refractivity contribution in [2.75, 3.05) is 26.9 Å². The van der Waals surface area contributed by atoms with E-state index >= 15 is 0 Å². The van der Waals surface area contributed by atoms with Gasteiger partial charge in [0, 0.05) is 7.11 Å². The minimum absolute atomic E-state index is 0.119. The van der Waals surface area contributed by atoms with Crippen LogP contribution in [0.3, 0.4) is 0 Å². The Balaban J connectivity index is 2.59. The molecule has 0 aliphatic carbocycles. The van der Waals surface area contributed by atoms with Crippen LogP contribution in [0.4, 0.5) is 4.79 Å². The van der Waals surface area contributed by atoms with E-state index in [2.05, 4.69) is 16.0 Å². The summed E-state index contributed by atoms with van der Waals surface area (Å²) < 4.78 is 10.1. The van der Waals surface area contributed by atoms with E-state index in [1.165, 1.54) is 7.11 Å². The number of carbonyl (C=O) groups is 2. The maximum absolute atomic E-state index is 12.2. The first kappa shape index (κ1) is 18.7. The summed E-state index contributed by atoms with van der Waals surface area (Å²) in [5.41, 5.74) is -0.593. The van der Waals surface area contributed by atoms with Gasteiger partial charge in [0.2, 0.25) is 5.91 Å². The summed E-state index contributed by atoms with van der Waals surface area (Å²) in [6, 6.07) is -0.616. The van der Waals surface area contributed by atoms with Crippen LogP contribution in [0.1, 0.15) is 40.0 Å². The highest BCUT2D eigenvalue weighted by Crippen LogP contribution is 2.17. The quantitative estimate of drug-likeness (QED) is 0.636. The highest BCUT2D eigenvalue weighted by molar-refractivity contribution is 5.85. The van der Waals surface area contributed by atoms with E-state index in [9.17, 15) is 9.59 Å². The first-order valence-corrected chi connectivity index (χ1v) is 7.78. The van der Waals surface area contributed by atoms with Gasteiger partial charge in [-0.05, 0) is 59.0 Å². The fourth-order valence-electron chi connectivity index (χ4n) is 2.41. The number of carbonyl (C=O) groups excluding carboxylic acids is 2. The van der Waals surface area contributed by atoms with E-state index < -0.39 is 17.7 Å². The van der Waals surface area contributed by atoms with E-state index in [-0.39, 0.29) is 12.6 Å². The monoisotopic (exact) mass is 315 g/mol. The molecule has 7 heteroatoms. The van der Waals surface area contributed by atoms with Gasteiger partial charge in [0.25, 0.3) is 0 Å². The Morgan fingerprint density at radius 1 is 1.36 bits per heavy atom. The molecule has 1 aliphatic rings. The van der Waals surface area contributed by atoms with Gasteiger partial charge in [-0.15, -0.1) is 0 Å². The average Bonchev–Trinajstić information content (AvgIpc) is 2.43. The molecule has 3 N–H and O–H groups in total. The molecule has 1 saturated heterocycles. The predicted octanol–water partition coefficient (Wildman–Crippen LogP) is 0.989. The molecule has 0 aromatic heterocycles. The zero-order valence-corrected chi connectivity index (χ0v) is 14.0. The molecular weight excluding hydrogens is 286 g/mol. The Morgan fingerprint density at radius 2 is 2.09 bits per heavy atom. The van der Waals surface area contributed by atoms with Crippen molar-refractivity contribution in [2.24, 2.45) is 5.92 Å². The molecule has 0 radical (unpaired) electrons. The zero-order valence-electron chi connectivity index (χ0n) is 14.0. The number of alkyl carbamates (subject to hydrolysis) is 1. The third-order valence-electron chi connectivity index (χ3n) is 3.37. The van der Waals surface area contributed by atoms with Gasteiger partial charge in [-0.1, -0.05) is 0 Å². The number of rotatable bonds is 6.